The number of carbonyl (C=O) groups is 1. The molecule has 0 aliphatic carbocycles. The summed E-state index contributed by atoms with van der Waals surface area (Å²) in [6.45, 7) is 0. The van der Waals surface area contributed by atoms with Crippen LogP contribution in [0.1, 0.15) is 10.4 Å². The summed E-state index contributed by atoms with van der Waals surface area (Å²) in [6, 6.07) is 20.9. The summed E-state index contributed by atoms with van der Waals surface area (Å²) in [6.07, 6.45) is 0. The van der Waals surface area contributed by atoms with E-state index in [9.17, 15) is 27.1 Å². The standard InChI is InChI=1S/C25H18F2N2O4S/c26-18-7-10-20(11-8-18)34(32,33)29-23-15-19(9-13-24(23)30)28-25(31)17-6-12-21(22(27)14-17)16-4-2-1-3-5-16/h1-15,29-30H,(H,28,31). The number of nitrogens with one attached hydrogen (secondary N) is 2. The summed E-state index contributed by atoms with van der Waals surface area (Å²) < 4.78 is 55.0. The van der Waals surface area contributed by atoms with Gasteiger partial charge in [-0.15, -0.1) is 0 Å². The molecule has 4 aromatic rings. The molecule has 4 rings (SSSR count). The quantitative estimate of drug-likeness (QED) is 0.255. The normalized spacial score (nSPS) is 11.1. The lowest BCUT2D eigenvalue weighted by molar-refractivity contribution is 0.102. The van der Waals surface area contributed by atoms with Gasteiger partial charge >= 0.3 is 0 Å². The predicted molar refractivity (Wildman–Crippen MR) is 125 cm³/mol. The van der Waals surface area contributed by atoms with E-state index in [0.29, 0.717) is 11.1 Å². The number of hydrogen-bond acceptors (Lipinski definition) is 4. The van der Waals surface area contributed by atoms with Gasteiger partial charge in [0.25, 0.3) is 15.9 Å². The fourth-order valence-electron chi connectivity index (χ4n) is 3.22. The Hall–Kier alpha value is -4.24. The molecular weight excluding hydrogens is 462 g/mol. The molecule has 0 aliphatic heterocycles. The van der Waals surface area contributed by atoms with Crippen molar-refractivity contribution in [2.24, 2.45) is 0 Å². The highest BCUT2D eigenvalue weighted by Crippen LogP contribution is 2.30. The van der Waals surface area contributed by atoms with Crippen LogP contribution in [0.2, 0.25) is 0 Å². The second kappa shape index (κ2) is 9.32. The minimum Gasteiger partial charge on any atom is -0.506 e. The van der Waals surface area contributed by atoms with Crippen LogP contribution in [0.5, 0.6) is 5.75 Å². The van der Waals surface area contributed by atoms with Crippen molar-refractivity contribution in [1.29, 1.82) is 0 Å². The number of anilines is 2. The molecule has 0 aliphatic rings. The van der Waals surface area contributed by atoms with E-state index in [4.69, 9.17) is 0 Å². The van der Waals surface area contributed by atoms with Gasteiger partial charge < -0.3 is 10.4 Å². The summed E-state index contributed by atoms with van der Waals surface area (Å²) in [7, 11) is -4.13. The van der Waals surface area contributed by atoms with Crippen LogP contribution >= 0.6 is 0 Å². The monoisotopic (exact) mass is 480 g/mol. The average Bonchev–Trinajstić information content (AvgIpc) is 2.82. The van der Waals surface area contributed by atoms with Crippen molar-refractivity contribution in [3.8, 4) is 16.9 Å². The number of hydrogen-bond donors (Lipinski definition) is 3. The minimum absolute atomic E-state index is 0.0544. The number of sulfonamides is 1. The fraction of sp³-hybridized carbons (Fsp3) is 0. The van der Waals surface area contributed by atoms with Crippen molar-refractivity contribution in [3.05, 3.63) is 108 Å². The largest absolute Gasteiger partial charge is 0.506 e. The van der Waals surface area contributed by atoms with Gasteiger partial charge in [-0.2, -0.15) is 0 Å². The van der Waals surface area contributed by atoms with E-state index in [-0.39, 0.29) is 27.6 Å². The van der Waals surface area contributed by atoms with Crippen LogP contribution in [0.25, 0.3) is 11.1 Å². The van der Waals surface area contributed by atoms with Gasteiger partial charge in [0.05, 0.1) is 10.6 Å². The van der Waals surface area contributed by atoms with Gasteiger partial charge in [0.1, 0.15) is 17.4 Å². The maximum absolute atomic E-state index is 14.6. The van der Waals surface area contributed by atoms with Crippen LogP contribution in [0.15, 0.2) is 95.9 Å². The van der Waals surface area contributed by atoms with E-state index in [1.165, 1.54) is 30.3 Å². The topological polar surface area (TPSA) is 95.5 Å². The van der Waals surface area contributed by atoms with Crippen LogP contribution in [0.4, 0.5) is 20.2 Å². The molecular formula is C25H18F2N2O4S. The number of carbonyl (C=O) groups excluding carboxylic acids is 1. The SMILES string of the molecule is O=C(Nc1ccc(O)c(NS(=O)(=O)c2ccc(F)cc2)c1)c1ccc(-c2ccccc2)c(F)c1. The molecule has 0 radical (unpaired) electrons. The van der Waals surface area contributed by atoms with E-state index in [1.807, 2.05) is 6.07 Å². The molecule has 0 unspecified atom stereocenters. The van der Waals surface area contributed by atoms with E-state index in [0.717, 1.165) is 30.3 Å². The molecule has 1 amide bonds. The minimum atomic E-state index is -4.13. The van der Waals surface area contributed by atoms with Crippen LogP contribution in [-0.4, -0.2) is 19.4 Å². The second-order valence-electron chi connectivity index (χ2n) is 7.31. The van der Waals surface area contributed by atoms with Crippen molar-refractivity contribution >= 4 is 27.3 Å². The number of halogens is 2. The van der Waals surface area contributed by atoms with Crippen LogP contribution < -0.4 is 10.0 Å². The van der Waals surface area contributed by atoms with Gasteiger partial charge in [0.2, 0.25) is 0 Å². The zero-order valence-electron chi connectivity index (χ0n) is 17.5. The van der Waals surface area contributed by atoms with E-state index < -0.39 is 27.6 Å². The lowest BCUT2D eigenvalue weighted by Crippen LogP contribution is -2.15. The van der Waals surface area contributed by atoms with Gasteiger partial charge in [0.15, 0.2) is 0 Å². The molecule has 3 N–H and O–H groups in total. The smallest absolute Gasteiger partial charge is 0.262 e. The Morgan fingerprint density at radius 1 is 0.824 bits per heavy atom. The highest BCUT2D eigenvalue weighted by atomic mass is 32.2. The third-order valence-electron chi connectivity index (χ3n) is 4.94. The number of aromatic hydroxyl groups is 1. The highest BCUT2D eigenvalue weighted by Gasteiger charge is 2.18. The molecule has 34 heavy (non-hydrogen) atoms. The van der Waals surface area contributed by atoms with Crippen LogP contribution in [-0.2, 0) is 10.0 Å². The second-order valence-corrected chi connectivity index (χ2v) is 8.99. The van der Waals surface area contributed by atoms with E-state index >= 15 is 0 Å². The molecule has 0 fully saturated rings. The number of rotatable bonds is 6. The first-order valence-electron chi connectivity index (χ1n) is 10.0. The molecule has 0 saturated heterocycles. The van der Waals surface area contributed by atoms with Crippen LogP contribution in [0, 0.1) is 11.6 Å². The molecule has 0 bridgehead atoms. The molecule has 9 heteroatoms. The first-order valence-corrected chi connectivity index (χ1v) is 11.5. The Kier molecular flexibility index (Phi) is 6.29. The number of benzene rings is 4. The summed E-state index contributed by atoms with van der Waals surface area (Å²) >= 11 is 0. The first-order chi connectivity index (χ1) is 16.2. The lowest BCUT2D eigenvalue weighted by atomic mass is 10.0. The zero-order chi connectivity index (χ0) is 24.3. The van der Waals surface area contributed by atoms with Crippen molar-refractivity contribution in [1.82, 2.24) is 0 Å². The number of phenols is 1. The molecule has 6 nitrogen and oxygen atoms in total. The molecule has 4 aromatic carbocycles. The van der Waals surface area contributed by atoms with Gasteiger partial charge in [-0.1, -0.05) is 36.4 Å². The average molecular weight is 480 g/mol. The Bertz CT molecular complexity index is 1460. The molecule has 0 spiro atoms. The molecule has 172 valence electrons. The molecule has 0 atom stereocenters. The first kappa shape index (κ1) is 22.9. The van der Waals surface area contributed by atoms with E-state index in [2.05, 4.69) is 10.0 Å². The highest BCUT2D eigenvalue weighted by molar-refractivity contribution is 7.92. The molecule has 0 aromatic heterocycles. The van der Waals surface area contributed by atoms with Crippen molar-refractivity contribution in [3.63, 3.8) is 0 Å². The van der Waals surface area contributed by atoms with Gasteiger partial charge in [-0.25, -0.2) is 17.2 Å². The third kappa shape index (κ3) is 5.05. The summed E-state index contributed by atoms with van der Waals surface area (Å²) in [5, 5.41) is 12.6. The summed E-state index contributed by atoms with van der Waals surface area (Å²) in [5.41, 5.74) is 1.03. The Morgan fingerprint density at radius 3 is 2.21 bits per heavy atom. The van der Waals surface area contributed by atoms with Crippen molar-refractivity contribution in [2.45, 2.75) is 4.90 Å². The van der Waals surface area contributed by atoms with E-state index in [1.54, 1.807) is 24.3 Å². The van der Waals surface area contributed by atoms with Gasteiger partial charge in [0, 0.05) is 16.8 Å². The molecule has 0 saturated carbocycles. The maximum atomic E-state index is 14.6. The maximum Gasteiger partial charge on any atom is 0.262 e. The fourth-order valence-corrected chi connectivity index (χ4v) is 4.29. The zero-order valence-corrected chi connectivity index (χ0v) is 18.3. The van der Waals surface area contributed by atoms with Gasteiger partial charge in [-0.05, 0) is 60.2 Å². The molecule has 0 heterocycles. The number of phenolic OH excluding ortho intramolecular Hbond substituents is 1. The van der Waals surface area contributed by atoms with Crippen LogP contribution in [0.3, 0.4) is 0 Å². The summed E-state index contributed by atoms with van der Waals surface area (Å²) in [4.78, 5) is 12.4. The third-order valence-corrected chi connectivity index (χ3v) is 6.32. The lowest BCUT2D eigenvalue weighted by Gasteiger charge is -2.12. The Morgan fingerprint density at radius 2 is 1.53 bits per heavy atom. The Balaban J connectivity index is 1.53. The summed E-state index contributed by atoms with van der Waals surface area (Å²) in [5.74, 6) is -2.18. The van der Waals surface area contributed by atoms with Crippen molar-refractivity contribution in [2.75, 3.05) is 10.0 Å². The Labute approximate surface area is 194 Å². The van der Waals surface area contributed by atoms with Gasteiger partial charge in [-0.3, -0.25) is 9.52 Å². The number of amides is 1. The predicted octanol–water partition coefficient (Wildman–Crippen LogP) is 5.39. The van der Waals surface area contributed by atoms with Crippen molar-refractivity contribution < 1.29 is 27.1 Å².